The first kappa shape index (κ1) is 13.3. The van der Waals surface area contributed by atoms with Gasteiger partial charge in [-0.25, -0.2) is 4.79 Å². The number of methoxy groups -OCH3 is 1. The van der Waals surface area contributed by atoms with Gasteiger partial charge in [-0.05, 0) is 19.1 Å². The van der Waals surface area contributed by atoms with Gasteiger partial charge in [0.05, 0.1) is 12.8 Å². The van der Waals surface area contributed by atoms with Crippen molar-refractivity contribution in [2.24, 2.45) is 0 Å². The Hall–Kier alpha value is -1.79. The van der Waals surface area contributed by atoms with E-state index in [0.717, 1.165) is 17.7 Å². The molecule has 0 fully saturated rings. The van der Waals surface area contributed by atoms with Crippen molar-refractivity contribution in [1.29, 1.82) is 0 Å². The third kappa shape index (κ3) is 2.66. The van der Waals surface area contributed by atoms with E-state index in [1.165, 1.54) is 19.2 Å². The standard InChI is InChI=1S/C10H10F3NO3/c1-6(9(16)17-2)14-5-3-4-7(14)8(15)10(11,12)13/h3-6H,1-2H3. The van der Waals surface area contributed by atoms with Crippen LogP contribution in [0.25, 0.3) is 0 Å². The van der Waals surface area contributed by atoms with Crippen LogP contribution in [0.5, 0.6) is 0 Å². The van der Waals surface area contributed by atoms with E-state index in [9.17, 15) is 22.8 Å². The second kappa shape index (κ2) is 4.60. The number of carbonyl (C=O) groups is 2. The Labute approximate surface area is 95.0 Å². The highest BCUT2D eigenvalue weighted by molar-refractivity contribution is 5.99. The molecule has 0 aromatic carbocycles. The summed E-state index contributed by atoms with van der Waals surface area (Å²) in [5.74, 6) is -2.71. The molecule has 0 N–H and O–H groups in total. The molecular formula is C10H10F3NO3. The molecule has 1 aromatic rings. The summed E-state index contributed by atoms with van der Waals surface area (Å²) in [6.45, 7) is 1.35. The minimum atomic E-state index is -4.97. The lowest BCUT2D eigenvalue weighted by molar-refractivity contribution is -0.144. The number of carbonyl (C=O) groups excluding carboxylic acids is 2. The van der Waals surface area contributed by atoms with E-state index >= 15 is 0 Å². The Morgan fingerprint density at radius 3 is 2.47 bits per heavy atom. The van der Waals surface area contributed by atoms with Crippen LogP contribution in [-0.4, -0.2) is 29.6 Å². The highest BCUT2D eigenvalue weighted by Crippen LogP contribution is 2.23. The number of nitrogens with zero attached hydrogens (tertiary/aromatic N) is 1. The third-order valence-electron chi connectivity index (χ3n) is 2.23. The first-order valence-electron chi connectivity index (χ1n) is 4.65. The molecule has 0 saturated heterocycles. The number of Topliss-reactive ketones (excluding diaryl/α,β-unsaturated/α-hetero) is 1. The van der Waals surface area contributed by atoms with Crippen molar-refractivity contribution in [3.63, 3.8) is 0 Å². The number of alkyl halides is 3. The summed E-state index contributed by atoms with van der Waals surface area (Å²) >= 11 is 0. The summed E-state index contributed by atoms with van der Waals surface area (Å²) in [5, 5.41) is 0. The van der Waals surface area contributed by atoms with E-state index in [4.69, 9.17) is 0 Å². The molecule has 4 nitrogen and oxygen atoms in total. The Bertz CT molecular complexity index is 436. The minimum Gasteiger partial charge on any atom is -0.467 e. The number of ether oxygens (including phenoxy) is 1. The summed E-state index contributed by atoms with van der Waals surface area (Å²) in [7, 11) is 1.12. The van der Waals surface area contributed by atoms with Crippen LogP contribution in [-0.2, 0) is 9.53 Å². The largest absolute Gasteiger partial charge is 0.467 e. The maximum atomic E-state index is 12.3. The summed E-state index contributed by atoms with van der Waals surface area (Å²) in [6, 6.07) is 1.28. The van der Waals surface area contributed by atoms with Gasteiger partial charge in [-0.15, -0.1) is 0 Å². The molecule has 0 aliphatic rings. The maximum Gasteiger partial charge on any atom is 0.456 e. The first-order chi connectivity index (χ1) is 7.79. The van der Waals surface area contributed by atoms with E-state index in [1.54, 1.807) is 0 Å². The molecule has 0 spiro atoms. The number of esters is 1. The second-order valence-corrected chi connectivity index (χ2v) is 3.33. The molecule has 1 rings (SSSR count). The van der Waals surface area contributed by atoms with Crippen molar-refractivity contribution in [2.45, 2.75) is 19.1 Å². The Kier molecular flexibility index (Phi) is 3.59. The van der Waals surface area contributed by atoms with Crippen LogP contribution in [0, 0.1) is 0 Å². The zero-order chi connectivity index (χ0) is 13.2. The molecule has 17 heavy (non-hydrogen) atoms. The number of halogens is 3. The van der Waals surface area contributed by atoms with Crippen molar-refractivity contribution >= 4 is 11.8 Å². The van der Waals surface area contributed by atoms with E-state index in [-0.39, 0.29) is 0 Å². The molecule has 1 aromatic heterocycles. The predicted octanol–water partition coefficient (Wildman–Crippen LogP) is 1.97. The molecule has 0 amide bonds. The van der Waals surface area contributed by atoms with Crippen LogP contribution in [0.15, 0.2) is 18.3 Å². The molecule has 94 valence electrons. The molecule has 0 aliphatic carbocycles. The molecule has 1 heterocycles. The van der Waals surface area contributed by atoms with Crippen molar-refractivity contribution in [3.05, 3.63) is 24.0 Å². The molecule has 0 saturated carbocycles. The number of rotatable bonds is 3. The lowest BCUT2D eigenvalue weighted by Crippen LogP contribution is -2.28. The predicted molar refractivity (Wildman–Crippen MR) is 51.5 cm³/mol. The van der Waals surface area contributed by atoms with E-state index < -0.39 is 29.7 Å². The molecular weight excluding hydrogens is 239 g/mol. The van der Waals surface area contributed by atoms with Gasteiger partial charge < -0.3 is 9.30 Å². The van der Waals surface area contributed by atoms with Crippen LogP contribution in [0.1, 0.15) is 23.5 Å². The van der Waals surface area contributed by atoms with Gasteiger partial charge in [0.15, 0.2) is 0 Å². The normalized spacial score (nSPS) is 13.2. The van der Waals surface area contributed by atoms with Crippen molar-refractivity contribution < 1.29 is 27.5 Å². The number of aromatic nitrogens is 1. The molecule has 0 radical (unpaired) electrons. The summed E-state index contributed by atoms with van der Waals surface area (Å²) in [4.78, 5) is 22.3. The molecule has 1 unspecified atom stereocenters. The summed E-state index contributed by atoms with van der Waals surface area (Å²) in [5.41, 5.74) is -0.588. The maximum absolute atomic E-state index is 12.3. The lowest BCUT2D eigenvalue weighted by Gasteiger charge is -2.15. The van der Waals surface area contributed by atoms with Gasteiger partial charge in [-0.2, -0.15) is 13.2 Å². The second-order valence-electron chi connectivity index (χ2n) is 3.33. The van der Waals surface area contributed by atoms with Crippen molar-refractivity contribution in [2.75, 3.05) is 7.11 Å². The highest BCUT2D eigenvalue weighted by Gasteiger charge is 2.41. The van der Waals surface area contributed by atoms with Gasteiger partial charge in [-0.1, -0.05) is 0 Å². The molecule has 0 aliphatic heterocycles. The SMILES string of the molecule is COC(=O)C(C)n1cccc1C(=O)C(F)(F)F. The fraction of sp³-hybridized carbons (Fsp3) is 0.400. The average molecular weight is 249 g/mol. The zero-order valence-corrected chi connectivity index (χ0v) is 9.12. The van der Waals surface area contributed by atoms with Gasteiger partial charge in [0.25, 0.3) is 5.78 Å². The van der Waals surface area contributed by atoms with Gasteiger partial charge in [0, 0.05) is 6.20 Å². The van der Waals surface area contributed by atoms with Crippen molar-refractivity contribution in [1.82, 2.24) is 4.57 Å². The number of hydrogen-bond donors (Lipinski definition) is 0. The molecule has 7 heteroatoms. The molecule has 0 bridgehead atoms. The third-order valence-corrected chi connectivity index (χ3v) is 2.23. The quantitative estimate of drug-likeness (QED) is 0.607. The number of ketones is 1. The average Bonchev–Trinajstić information content (AvgIpc) is 2.73. The van der Waals surface area contributed by atoms with E-state index in [0.29, 0.717) is 0 Å². The lowest BCUT2D eigenvalue weighted by atomic mass is 10.2. The monoisotopic (exact) mass is 249 g/mol. The first-order valence-corrected chi connectivity index (χ1v) is 4.65. The van der Waals surface area contributed by atoms with Crippen LogP contribution in [0.2, 0.25) is 0 Å². The number of hydrogen-bond acceptors (Lipinski definition) is 3. The summed E-state index contributed by atoms with van der Waals surface area (Å²) in [6.07, 6.45) is -3.74. The molecule has 1 atom stereocenters. The van der Waals surface area contributed by atoms with Gasteiger partial charge >= 0.3 is 12.1 Å². The van der Waals surface area contributed by atoms with E-state index in [2.05, 4.69) is 4.74 Å². The van der Waals surface area contributed by atoms with Crippen LogP contribution in [0.3, 0.4) is 0 Å². The van der Waals surface area contributed by atoms with Gasteiger partial charge in [0.1, 0.15) is 6.04 Å². The van der Waals surface area contributed by atoms with Crippen LogP contribution >= 0.6 is 0 Å². The fourth-order valence-corrected chi connectivity index (χ4v) is 1.35. The Balaban J connectivity index is 3.10. The van der Waals surface area contributed by atoms with Crippen LogP contribution < -0.4 is 0 Å². The van der Waals surface area contributed by atoms with Gasteiger partial charge in [-0.3, -0.25) is 4.79 Å². The zero-order valence-electron chi connectivity index (χ0n) is 9.12. The highest BCUT2D eigenvalue weighted by atomic mass is 19.4. The summed E-state index contributed by atoms with van der Waals surface area (Å²) < 4.78 is 42.1. The Morgan fingerprint density at radius 2 is 2.00 bits per heavy atom. The smallest absolute Gasteiger partial charge is 0.456 e. The Morgan fingerprint density at radius 1 is 1.41 bits per heavy atom. The van der Waals surface area contributed by atoms with Crippen LogP contribution in [0.4, 0.5) is 13.2 Å². The fourth-order valence-electron chi connectivity index (χ4n) is 1.35. The minimum absolute atomic E-state index is 0.588. The van der Waals surface area contributed by atoms with Gasteiger partial charge in [0.2, 0.25) is 0 Å². The van der Waals surface area contributed by atoms with E-state index in [1.807, 2.05) is 0 Å². The topological polar surface area (TPSA) is 48.3 Å². The van der Waals surface area contributed by atoms with Crippen molar-refractivity contribution in [3.8, 4) is 0 Å².